The van der Waals surface area contributed by atoms with Crippen molar-refractivity contribution in [1.82, 2.24) is 35.3 Å². The Morgan fingerprint density at radius 1 is 0.975 bits per heavy atom. The predicted molar refractivity (Wildman–Crippen MR) is 148 cm³/mol. The van der Waals surface area contributed by atoms with E-state index >= 15 is 0 Å². The summed E-state index contributed by atoms with van der Waals surface area (Å²) in [5, 5.41) is 12.7. The minimum atomic E-state index is -0.823. The van der Waals surface area contributed by atoms with Crippen LogP contribution in [0.4, 0.5) is 15.9 Å². The van der Waals surface area contributed by atoms with Crippen LogP contribution in [-0.4, -0.2) is 87.6 Å². The van der Waals surface area contributed by atoms with E-state index < -0.39 is 11.2 Å². The maximum absolute atomic E-state index is 13.9. The Balaban J connectivity index is 0.957. The van der Waals surface area contributed by atoms with Gasteiger partial charge < -0.3 is 19.9 Å². The molecule has 0 unspecified atom stereocenters. The molecule has 210 valence electrons. The number of hydrogen-bond donors (Lipinski definition) is 1. The van der Waals surface area contributed by atoms with E-state index in [0.717, 1.165) is 81.3 Å². The molecule has 3 saturated heterocycles. The molecule has 3 aliphatic heterocycles. The van der Waals surface area contributed by atoms with Gasteiger partial charge in [-0.05, 0) is 62.5 Å². The van der Waals surface area contributed by atoms with Gasteiger partial charge in [0.2, 0.25) is 0 Å². The lowest BCUT2D eigenvalue weighted by atomic mass is 9.42. The second-order valence-corrected chi connectivity index (χ2v) is 12.8. The fraction of sp³-hybridized carbons (Fsp3) is 0.621. The van der Waals surface area contributed by atoms with Gasteiger partial charge in [-0.1, -0.05) is 5.21 Å². The minimum absolute atomic E-state index is 0.240. The van der Waals surface area contributed by atoms with Crippen molar-refractivity contribution in [3.63, 3.8) is 0 Å². The number of nitrogens with zero attached hydrogens (tertiary/aromatic N) is 8. The zero-order chi connectivity index (χ0) is 26.8. The zero-order valence-electron chi connectivity index (χ0n) is 22.8. The smallest absolute Gasteiger partial charge is 0.152 e. The van der Waals surface area contributed by atoms with E-state index in [9.17, 15) is 4.39 Å². The first-order valence-electron chi connectivity index (χ1n) is 14.7. The van der Waals surface area contributed by atoms with Crippen molar-refractivity contribution in [3.05, 3.63) is 42.6 Å². The van der Waals surface area contributed by atoms with Crippen molar-refractivity contribution in [2.75, 3.05) is 55.7 Å². The highest BCUT2D eigenvalue weighted by Gasteiger charge is 2.68. The van der Waals surface area contributed by atoms with E-state index in [4.69, 9.17) is 14.7 Å². The molecule has 0 spiro atoms. The summed E-state index contributed by atoms with van der Waals surface area (Å²) in [7, 11) is 0. The second kappa shape index (κ2) is 9.17. The largest absolute Gasteiger partial charge is 0.375 e. The highest BCUT2D eigenvalue weighted by molar-refractivity contribution is 5.55. The normalized spacial score (nSPS) is 30.5. The van der Waals surface area contributed by atoms with Crippen LogP contribution in [0.2, 0.25) is 0 Å². The second-order valence-electron chi connectivity index (χ2n) is 12.8. The Kier molecular flexibility index (Phi) is 5.64. The highest BCUT2D eigenvalue weighted by Crippen LogP contribution is 2.69. The van der Waals surface area contributed by atoms with Crippen molar-refractivity contribution < 1.29 is 9.13 Å². The van der Waals surface area contributed by atoms with Gasteiger partial charge >= 0.3 is 0 Å². The Bertz CT molecular complexity index is 1360. The number of rotatable bonds is 8. The van der Waals surface area contributed by atoms with E-state index in [1.165, 1.54) is 19.3 Å². The zero-order valence-corrected chi connectivity index (χ0v) is 22.8. The van der Waals surface area contributed by atoms with Crippen molar-refractivity contribution >= 4 is 11.5 Å². The number of anilines is 2. The first-order chi connectivity index (χ1) is 19.5. The fourth-order valence-corrected chi connectivity index (χ4v) is 7.50. The summed E-state index contributed by atoms with van der Waals surface area (Å²) < 4.78 is 21.5. The molecule has 9 rings (SSSR count). The SMILES string of the molecule is FC12CC(CN[C@@H]3CCCN(c4ccc(C5(n6cc(-c7cncc(N8CCCC8)n7)nn6)COC5)nc4)C3)(C1)C2. The van der Waals surface area contributed by atoms with Gasteiger partial charge in [0.15, 0.2) is 5.54 Å². The molecule has 0 amide bonds. The van der Waals surface area contributed by atoms with Gasteiger partial charge in [-0.2, -0.15) is 0 Å². The highest BCUT2D eigenvalue weighted by atomic mass is 19.1. The van der Waals surface area contributed by atoms with Crippen LogP contribution in [0.1, 0.15) is 50.6 Å². The van der Waals surface area contributed by atoms with Crippen molar-refractivity contribution in [3.8, 4) is 11.4 Å². The number of pyridine rings is 1. The third kappa shape index (κ3) is 4.08. The molecule has 3 aromatic heterocycles. The molecule has 0 radical (unpaired) electrons. The standard InChI is InChI=1S/C29H36FN9O/c30-28-15-27(16-28,17-28)18-33-21-4-3-9-38(13-21)22-5-6-25(32-10-22)29(19-40-20-29)39-14-24(35-36-39)23-11-31-12-26(34-23)37-7-1-2-8-37/h5-6,10-12,14,21,33H,1-4,7-9,13,15-20H2/t21-,27?,28?/m1/s1. The Labute approximate surface area is 233 Å². The van der Waals surface area contributed by atoms with Crippen LogP contribution in [0.5, 0.6) is 0 Å². The van der Waals surface area contributed by atoms with Crippen molar-refractivity contribution in [2.45, 2.75) is 62.2 Å². The van der Waals surface area contributed by atoms with E-state index in [1.807, 2.05) is 23.3 Å². The Hall–Kier alpha value is -3.18. The lowest BCUT2D eigenvalue weighted by Gasteiger charge is -2.66. The molecule has 3 aliphatic carbocycles. The average molecular weight is 546 g/mol. The molecule has 3 saturated carbocycles. The van der Waals surface area contributed by atoms with Gasteiger partial charge in [0, 0.05) is 38.8 Å². The third-order valence-corrected chi connectivity index (χ3v) is 9.78. The maximum atomic E-state index is 13.9. The molecule has 6 heterocycles. The molecule has 6 aliphatic rings. The van der Waals surface area contributed by atoms with E-state index in [1.54, 1.807) is 6.20 Å². The molecular weight excluding hydrogens is 509 g/mol. The van der Waals surface area contributed by atoms with Gasteiger partial charge in [0.05, 0.1) is 49.4 Å². The van der Waals surface area contributed by atoms with Crippen LogP contribution >= 0.6 is 0 Å². The molecule has 11 heteroatoms. The Morgan fingerprint density at radius 3 is 2.52 bits per heavy atom. The number of piperidine rings is 1. The minimum Gasteiger partial charge on any atom is -0.375 e. The molecule has 3 aromatic rings. The third-order valence-electron chi connectivity index (χ3n) is 9.78. The fourth-order valence-electron chi connectivity index (χ4n) is 7.50. The molecule has 40 heavy (non-hydrogen) atoms. The molecular formula is C29H36FN9O. The van der Waals surface area contributed by atoms with Gasteiger partial charge in [-0.25, -0.2) is 14.1 Å². The number of alkyl halides is 1. The summed E-state index contributed by atoms with van der Waals surface area (Å²) in [5.74, 6) is 0.895. The van der Waals surface area contributed by atoms with Crippen LogP contribution < -0.4 is 15.1 Å². The number of aromatic nitrogens is 6. The van der Waals surface area contributed by atoms with Crippen LogP contribution in [0.15, 0.2) is 36.9 Å². The predicted octanol–water partition coefficient (Wildman–Crippen LogP) is 2.95. The summed E-state index contributed by atoms with van der Waals surface area (Å²) in [5.41, 5.74) is 2.41. The van der Waals surface area contributed by atoms with E-state index in [2.05, 4.69) is 42.5 Å². The summed E-state index contributed by atoms with van der Waals surface area (Å²) >= 11 is 0. The van der Waals surface area contributed by atoms with Gasteiger partial charge in [0.25, 0.3) is 0 Å². The lowest BCUT2D eigenvalue weighted by molar-refractivity contribution is -0.210. The first-order valence-corrected chi connectivity index (χ1v) is 14.7. The summed E-state index contributed by atoms with van der Waals surface area (Å²) in [6, 6.07) is 4.71. The maximum Gasteiger partial charge on any atom is 0.152 e. The van der Waals surface area contributed by atoms with E-state index in [0.29, 0.717) is 24.9 Å². The molecule has 2 bridgehead atoms. The topological polar surface area (TPSA) is 97.1 Å². The van der Waals surface area contributed by atoms with Gasteiger partial charge in [-0.3, -0.25) is 9.97 Å². The Morgan fingerprint density at radius 2 is 1.80 bits per heavy atom. The van der Waals surface area contributed by atoms with Gasteiger partial charge in [-0.15, -0.1) is 5.10 Å². The van der Waals surface area contributed by atoms with Gasteiger partial charge in [0.1, 0.15) is 22.9 Å². The monoisotopic (exact) mass is 545 g/mol. The number of hydrogen-bond acceptors (Lipinski definition) is 9. The molecule has 10 nitrogen and oxygen atoms in total. The molecule has 0 aromatic carbocycles. The van der Waals surface area contributed by atoms with Crippen LogP contribution in [0, 0.1) is 5.41 Å². The van der Waals surface area contributed by atoms with Crippen molar-refractivity contribution in [2.24, 2.45) is 5.41 Å². The average Bonchev–Trinajstić information content (AvgIpc) is 3.64. The van der Waals surface area contributed by atoms with Crippen LogP contribution in [0.3, 0.4) is 0 Å². The lowest BCUT2D eigenvalue weighted by Crippen LogP contribution is -2.68. The number of ether oxygens (including phenoxy) is 1. The van der Waals surface area contributed by atoms with Crippen molar-refractivity contribution in [1.29, 1.82) is 0 Å². The first kappa shape index (κ1) is 24.6. The molecule has 6 fully saturated rings. The summed E-state index contributed by atoms with van der Waals surface area (Å²) in [6.45, 7) is 5.96. The quantitative estimate of drug-likeness (QED) is 0.458. The van der Waals surface area contributed by atoms with Crippen LogP contribution in [-0.2, 0) is 10.3 Å². The summed E-state index contributed by atoms with van der Waals surface area (Å²) in [4.78, 5) is 18.8. The molecule has 1 atom stereocenters. The number of nitrogens with one attached hydrogen (secondary N) is 1. The van der Waals surface area contributed by atoms with Crippen LogP contribution in [0.25, 0.3) is 11.4 Å². The van der Waals surface area contributed by atoms with E-state index in [-0.39, 0.29) is 5.41 Å². The molecule has 1 N–H and O–H groups in total. The number of halogens is 1. The summed E-state index contributed by atoms with van der Waals surface area (Å²) in [6.07, 6.45) is 14.4.